The number of allylic oxidation sites excluding steroid dienone is 3. The van der Waals surface area contributed by atoms with Crippen molar-refractivity contribution in [2.45, 2.75) is 59.8 Å². The summed E-state index contributed by atoms with van der Waals surface area (Å²) in [6, 6.07) is 0. The monoisotopic (exact) mass is 194 g/mol. The summed E-state index contributed by atoms with van der Waals surface area (Å²) in [5, 5.41) is 0. The third-order valence-corrected chi connectivity index (χ3v) is 2.51. The first-order chi connectivity index (χ1) is 6.52. The van der Waals surface area contributed by atoms with Crippen LogP contribution in [-0.4, -0.2) is 0 Å². The lowest BCUT2D eigenvalue weighted by Crippen LogP contribution is -1.94. The maximum Gasteiger partial charge on any atom is -0.0326 e. The smallest absolute Gasteiger partial charge is 0.0326 e. The molecule has 0 aromatic rings. The lowest BCUT2D eigenvalue weighted by molar-refractivity contribution is 0.478. The fourth-order valence-corrected chi connectivity index (χ4v) is 1.55. The van der Waals surface area contributed by atoms with E-state index in [0.717, 1.165) is 5.92 Å². The van der Waals surface area contributed by atoms with Crippen LogP contribution in [0.5, 0.6) is 0 Å². The molecular weight excluding hydrogens is 168 g/mol. The molecule has 0 radical (unpaired) electrons. The SMILES string of the molecule is C=C(C)CCCC(C)CCC=C(C)C. The van der Waals surface area contributed by atoms with Gasteiger partial charge in [0, 0.05) is 0 Å². The molecule has 0 aliphatic rings. The molecule has 0 aliphatic carbocycles. The van der Waals surface area contributed by atoms with E-state index in [1.54, 1.807) is 0 Å². The quantitative estimate of drug-likeness (QED) is 0.494. The molecule has 0 heteroatoms. The summed E-state index contributed by atoms with van der Waals surface area (Å²) in [5.41, 5.74) is 2.76. The van der Waals surface area contributed by atoms with Crippen molar-refractivity contribution >= 4 is 0 Å². The first-order valence-electron chi connectivity index (χ1n) is 5.80. The van der Waals surface area contributed by atoms with Crippen LogP contribution in [0, 0.1) is 5.92 Å². The lowest BCUT2D eigenvalue weighted by atomic mass is 9.97. The molecule has 0 fully saturated rings. The maximum absolute atomic E-state index is 3.93. The molecule has 14 heavy (non-hydrogen) atoms. The zero-order valence-electron chi connectivity index (χ0n) is 10.4. The van der Waals surface area contributed by atoms with Crippen molar-refractivity contribution in [3.8, 4) is 0 Å². The molecule has 0 rings (SSSR count). The Labute approximate surface area is 90.1 Å². The maximum atomic E-state index is 3.93. The van der Waals surface area contributed by atoms with Crippen LogP contribution in [0.2, 0.25) is 0 Å². The van der Waals surface area contributed by atoms with E-state index in [0.29, 0.717) is 0 Å². The van der Waals surface area contributed by atoms with Crippen LogP contribution in [0.3, 0.4) is 0 Å². The summed E-state index contributed by atoms with van der Waals surface area (Å²) in [7, 11) is 0. The van der Waals surface area contributed by atoms with Gasteiger partial charge in [-0.25, -0.2) is 0 Å². The topological polar surface area (TPSA) is 0 Å². The minimum Gasteiger partial charge on any atom is -0.100 e. The third kappa shape index (κ3) is 9.57. The van der Waals surface area contributed by atoms with E-state index < -0.39 is 0 Å². The first-order valence-corrected chi connectivity index (χ1v) is 5.80. The molecule has 0 bridgehead atoms. The van der Waals surface area contributed by atoms with Crippen LogP contribution in [0.25, 0.3) is 0 Å². The average Bonchev–Trinajstić information content (AvgIpc) is 2.02. The summed E-state index contributed by atoms with van der Waals surface area (Å²) in [4.78, 5) is 0. The molecule has 0 saturated carbocycles. The second-order valence-electron chi connectivity index (χ2n) is 4.81. The highest BCUT2D eigenvalue weighted by atomic mass is 14.1. The Bertz CT molecular complexity index is 182. The van der Waals surface area contributed by atoms with Crippen molar-refractivity contribution in [2.75, 3.05) is 0 Å². The van der Waals surface area contributed by atoms with Gasteiger partial charge < -0.3 is 0 Å². The highest BCUT2D eigenvalue weighted by Gasteiger charge is 2.00. The number of hydrogen-bond donors (Lipinski definition) is 0. The predicted octanol–water partition coefficient (Wildman–Crippen LogP) is 5.12. The van der Waals surface area contributed by atoms with Gasteiger partial charge in [-0.1, -0.05) is 30.6 Å². The van der Waals surface area contributed by atoms with Gasteiger partial charge in [0.15, 0.2) is 0 Å². The van der Waals surface area contributed by atoms with Gasteiger partial charge in [-0.3, -0.25) is 0 Å². The van der Waals surface area contributed by atoms with Crippen molar-refractivity contribution in [1.29, 1.82) is 0 Å². The van der Waals surface area contributed by atoms with Gasteiger partial charge >= 0.3 is 0 Å². The van der Waals surface area contributed by atoms with Crippen LogP contribution < -0.4 is 0 Å². The number of rotatable bonds is 7. The minimum atomic E-state index is 0.866. The average molecular weight is 194 g/mol. The molecular formula is C14H26. The summed E-state index contributed by atoms with van der Waals surface area (Å²) in [6.45, 7) is 12.7. The standard InChI is InChI=1S/C14H26/c1-12(2)8-6-10-14(5)11-7-9-13(3)4/h9,14H,1,6-8,10-11H2,2-5H3. The van der Waals surface area contributed by atoms with Crippen LogP contribution in [0.15, 0.2) is 23.8 Å². The largest absolute Gasteiger partial charge is 0.100 e. The van der Waals surface area contributed by atoms with E-state index in [2.05, 4.69) is 40.3 Å². The molecule has 0 aliphatic heterocycles. The fourth-order valence-electron chi connectivity index (χ4n) is 1.55. The molecule has 0 saturated heterocycles. The van der Waals surface area contributed by atoms with E-state index >= 15 is 0 Å². The zero-order chi connectivity index (χ0) is 11.0. The van der Waals surface area contributed by atoms with Gasteiger partial charge in [0.25, 0.3) is 0 Å². The van der Waals surface area contributed by atoms with E-state index in [4.69, 9.17) is 0 Å². The van der Waals surface area contributed by atoms with Crippen LogP contribution >= 0.6 is 0 Å². The summed E-state index contributed by atoms with van der Waals surface area (Å²) in [5.74, 6) is 0.866. The molecule has 0 amide bonds. The molecule has 0 spiro atoms. The van der Waals surface area contributed by atoms with Gasteiger partial charge in [-0.2, -0.15) is 0 Å². The Balaban J connectivity index is 3.41. The molecule has 0 heterocycles. The van der Waals surface area contributed by atoms with Crippen molar-refractivity contribution in [1.82, 2.24) is 0 Å². The van der Waals surface area contributed by atoms with Crippen molar-refractivity contribution < 1.29 is 0 Å². The molecule has 1 unspecified atom stereocenters. The van der Waals surface area contributed by atoms with Crippen molar-refractivity contribution in [3.63, 3.8) is 0 Å². The molecule has 0 aromatic heterocycles. The normalized spacial score (nSPS) is 12.3. The second-order valence-corrected chi connectivity index (χ2v) is 4.81. The molecule has 0 aromatic carbocycles. The summed E-state index contributed by atoms with van der Waals surface area (Å²) in [6.07, 6.45) is 8.79. The predicted molar refractivity (Wildman–Crippen MR) is 66.5 cm³/mol. The summed E-state index contributed by atoms with van der Waals surface area (Å²) >= 11 is 0. The Hall–Kier alpha value is -0.520. The van der Waals surface area contributed by atoms with E-state index in [9.17, 15) is 0 Å². The van der Waals surface area contributed by atoms with Gasteiger partial charge in [-0.05, 0) is 52.4 Å². The van der Waals surface area contributed by atoms with Gasteiger partial charge in [-0.15, -0.1) is 6.58 Å². The Morgan fingerprint density at radius 1 is 1.21 bits per heavy atom. The minimum absolute atomic E-state index is 0.866. The Kier molecular flexibility index (Phi) is 7.55. The van der Waals surface area contributed by atoms with Gasteiger partial charge in [0.05, 0.1) is 0 Å². The van der Waals surface area contributed by atoms with Crippen LogP contribution in [0.1, 0.15) is 59.8 Å². The number of hydrogen-bond acceptors (Lipinski definition) is 0. The Morgan fingerprint density at radius 3 is 2.36 bits per heavy atom. The second kappa shape index (κ2) is 7.84. The van der Waals surface area contributed by atoms with E-state index in [-0.39, 0.29) is 0 Å². The Morgan fingerprint density at radius 2 is 1.86 bits per heavy atom. The molecule has 0 nitrogen and oxygen atoms in total. The molecule has 1 atom stereocenters. The highest BCUT2D eigenvalue weighted by Crippen LogP contribution is 2.16. The van der Waals surface area contributed by atoms with E-state index in [1.807, 2.05) is 0 Å². The highest BCUT2D eigenvalue weighted by molar-refractivity contribution is 4.92. The van der Waals surface area contributed by atoms with E-state index in [1.165, 1.54) is 43.3 Å². The van der Waals surface area contributed by atoms with Gasteiger partial charge in [0.2, 0.25) is 0 Å². The summed E-state index contributed by atoms with van der Waals surface area (Å²) < 4.78 is 0. The first kappa shape index (κ1) is 13.5. The molecule has 0 N–H and O–H groups in total. The van der Waals surface area contributed by atoms with Gasteiger partial charge in [0.1, 0.15) is 0 Å². The zero-order valence-corrected chi connectivity index (χ0v) is 10.4. The fraction of sp³-hybridized carbons (Fsp3) is 0.714. The third-order valence-electron chi connectivity index (χ3n) is 2.51. The van der Waals surface area contributed by atoms with Crippen molar-refractivity contribution in [2.24, 2.45) is 5.92 Å². The van der Waals surface area contributed by atoms with Crippen LogP contribution in [0.4, 0.5) is 0 Å². The molecule has 82 valence electrons. The van der Waals surface area contributed by atoms with Crippen molar-refractivity contribution in [3.05, 3.63) is 23.8 Å². The van der Waals surface area contributed by atoms with Crippen LogP contribution in [-0.2, 0) is 0 Å². The lowest BCUT2D eigenvalue weighted by Gasteiger charge is -2.09.